The number of benzene rings is 6. The van der Waals surface area contributed by atoms with Gasteiger partial charge in [-0.25, -0.2) is 0 Å². The Labute approximate surface area is 288 Å². The maximum Gasteiger partial charge on any atom is 0.141 e. The van der Waals surface area contributed by atoms with E-state index in [1.54, 1.807) is 0 Å². The van der Waals surface area contributed by atoms with Gasteiger partial charge in [0, 0.05) is 40.1 Å². The predicted molar refractivity (Wildman–Crippen MR) is 191 cm³/mol. The lowest BCUT2D eigenvalue weighted by Gasteiger charge is -2.27. The summed E-state index contributed by atoms with van der Waals surface area (Å²) >= 11 is 14.4. The zero-order valence-electron chi connectivity index (χ0n) is 23.0. The van der Waals surface area contributed by atoms with Crippen LogP contribution in [0.15, 0.2) is 139 Å². The minimum Gasteiger partial charge on any atom is -0.376 e. The Kier molecular flexibility index (Phi) is 6.73. The first-order valence-corrected chi connectivity index (χ1v) is 17.2. The van der Waals surface area contributed by atoms with Crippen LogP contribution in [0.3, 0.4) is 0 Å². The summed E-state index contributed by atoms with van der Waals surface area (Å²) < 4.78 is 3.69. The van der Waals surface area contributed by atoms with Crippen molar-refractivity contribution >= 4 is 63.7 Å². The highest BCUT2D eigenvalue weighted by atomic mass is 79.9. The van der Waals surface area contributed by atoms with Gasteiger partial charge in [0.1, 0.15) is 11.2 Å². The third-order valence-corrected chi connectivity index (χ3v) is 11.0. The van der Waals surface area contributed by atoms with Crippen LogP contribution < -0.4 is 0 Å². The molecule has 0 unspecified atom stereocenters. The first-order valence-electron chi connectivity index (χ1n) is 14.0. The Morgan fingerprint density at radius 2 is 0.591 bits per heavy atom. The average Bonchev–Trinajstić information content (AvgIpc) is 3.42. The topological polar surface area (TPSA) is 40.5 Å². The SMILES string of the molecule is OC1(c2ccc(-c3ccc(C4(O)c5cc(Br)ccc5-c5ccc(Br)cc54)cc3)cc2)c2cc(Br)ccc2-c2ccc(Br)cc21. The van der Waals surface area contributed by atoms with Gasteiger partial charge in [-0.1, -0.05) is 137 Å². The summed E-state index contributed by atoms with van der Waals surface area (Å²) in [4.78, 5) is 0. The quantitative estimate of drug-likeness (QED) is 0.187. The van der Waals surface area contributed by atoms with Gasteiger partial charge in [-0.3, -0.25) is 0 Å². The van der Waals surface area contributed by atoms with E-state index in [1.807, 2.05) is 72.8 Å². The molecule has 214 valence electrons. The molecule has 0 bridgehead atoms. The minimum atomic E-state index is -1.28. The Morgan fingerprint density at radius 1 is 0.341 bits per heavy atom. The smallest absolute Gasteiger partial charge is 0.141 e. The second-order valence-corrected chi connectivity index (χ2v) is 15.0. The van der Waals surface area contributed by atoms with Crippen molar-refractivity contribution in [1.82, 2.24) is 0 Å². The van der Waals surface area contributed by atoms with Crippen molar-refractivity contribution in [3.63, 3.8) is 0 Å². The third kappa shape index (κ3) is 4.15. The molecular weight excluding hydrogens is 808 g/mol. The molecule has 0 atom stereocenters. The van der Waals surface area contributed by atoms with Crippen molar-refractivity contribution in [3.05, 3.63) is 173 Å². The molecule has 0 fully saturated rings. The summed E-state index contributed by atoms with van der Waals surface area (Å²) in [5, 5.41) is 24.8. The van der Waals surface area contributed by atoms with Gasteiger partial charge in [0.15, 0.2) is 0 Å². The molecule has 8 rings (SSSR count). The Bertz CT molecular complexity index is 1880. The fourth-order valence-electron chi connectivity index (χ4n) is 6.92. The van der Waals surface area contributed by atoms with E-state index in [0.29, 0.717) is 0 Å². The van der Waals surface area contributed by atoms with E-state index in [9.17, 15) is 10.2 Å². The van der Waals surface area contributed by atoms with Gasteiger partial charge in [0.2, 0.25) is 0 Å². The normalized spacial score (nSPS) is 15.0. The number of hydrogen-bond acceptors (Lipinski definition) is 2. The van der Waals surface area contributed by atoms with Crippen LogP contribution in [0.2, 0.25) is 0 Å². The van der Waals surface area contributed by atoms with Gasteiger partial charge in [-0.15, -0.1) is 0 Å². The van der Waals surface area contributed by atoms with Crippen LogP contribution in [0.1, 0.15) is 33.4 Å². The second kappa shape index (κ2) is 10.3. The van der Waals surface area contributed by atoms with E-state index < -0.39 is 11.2 Å². The fourth-order valence-corrected chi connectivity index (χ4v) is 8.37. The Balaban J connectivity index is 1.18. The van der Waals surface area contributed by atoms with Crippen molar-refractivity contribution in [3.8, 4) is 33.4 Å². The van der Waals surface area contributed by atoms with Crippen LogP contribution in [-0.2, 0) is 11.2 Å². The van der Waals surface area contributed by atoms with Crippen LogP contribution in [-0.4, -0.2) is 10.2 Å². The third-order valence-electron chi connectivity index (χ3n) is 9.00. The lowest BCUT2D eigenvalue weighted by atomic mass is 9.83. The largest absolute Gasteiger partial charge is 0.376 e. The standard InChI is InChI=1S/C38H22Br4O2/c39-25-9-13-29-30-14-10-26(40)18-34(30)37(43,33(29)17-25)23-5-1-21(2-6-23)22-3-7-24(8-4-22)38(44)35-19-27(41)11-15-31(35)32-16-12-28(42)20-36(32)38/h1-20,43-44H. The van der Waals surface area contributed by atoms with E-state index in [-0.39, 0.29) is 0 Å². The molecule has 6 aromatic rings. The van der Waals surface area contributed by atoms with Crippen molar-refractivity contribution in [1.29, 1.82) is 0 Å². The van der Waals surface area contributed by atoms with Gasteiger partial charge < -0.3 is 10.2 Å². The molecular formula is C38H22Br4O2. The van der Waals surface area contributed by atoms with Crippen LogP contribution in [0.25, 0.3) is 33.4 Å². The summed E-state index contributed by atoms with van der Waals surface area (Å²) in [6.07, 6.45) is 0. The fraction of sp³-hybridized carbons (Fsp3) is 0.0526. The molecule has 0 aliphatic heterocycles. The van der Waals surface area contributed by atoms with Gasteiger partial charge in [0.05, 0.1) is 0 Å². The van der Waals surface area contributed by atoms with Gasteiger partial charge >= 0.3 is 0 Å². The maximum absolute atomic E-state index is 12.4. The number of hydrogen-bond donors (Lipinski definition) is 2. The van der Waals surface area contributed by atoms with Crippen molar-refractivity contribution in [2.75, 3.05) is 0 Å². The minimum absolute atomic E-state index is 0.804. The Morgan fingerprint density at radius 3 is 0.841 bits per heavy atom. The lowest BCUT2D eigenvalue weighted by molar-refractivity contribution is 0.130. The molecule has 0 heterocycles. The maximum atomic E-state index is 12.4. The molecule has 0 aromatic heterocycles. The lowest BCUT2D eigenvalue weighted by Crippen LogP contribution is -2.26. The Hall–Kier alpha value is -2.84. The van der Waals surface area contributed by atoms with E-state index in [4.69, 9.17) is 0 Å². The molecule has 2 nitrogen and oxygen atoms in total. The number of rotatable bonds is 3. The van der Waals surface area contributed by atoms with E-state index in [2.05, 4.69) is 112 Å². The monoisotopic (exact) mass is 826 g/mol. The van der Waals surface area contributed by atoms with E-state index in [0.717, 1.165) is 84.7 Å². The molecule has 0 saturated carbocycles. The first kappa shape index (κ1) is 28.6. The summed E-state index contributed by atoms with van der Waals surface area (Å²) in [6.45, 7) is 0. The van der Waals surface area contributed by atoms with Gasteiger partial charge in [-0.05, 0) is 93.0 Å². The first-order chi connectivity index (χ1) is 21.2. The molecule has 0 saturated heterocycles. The molecule has 2 aliphatic carbocycles. The van der Waals surface area contributed by atoms with Gasteiger partial charge in [0.25, 0.3) is 0 Å². The zero-order chi connectivity index (χ0) is 30.4. The molecule has 0 radical (unpaired) electrons. The summed E-state index contributed by atoms with van der Waals surface area (Å²) in [5.74, 6) is 0. The number of fused-ring (bicyclic) bond motifs is 6. The molecule has 6 heteroatoms. The van der Waals surface area contributed by atoms with Crippen molar-refractivity contribution < 1.29 is 10.2 Å². The van der Waals surface area contributed by atoms with Crippen LogP contribution in [0.4, 0.5) is 0 Å². The average molecular weight is 830 g/mol. The summed E-state index contributed by atoms with van der Waals surface area (Å²) in [6, 6.07) is 40.6. The van der Waals surface area contributed by atoms with E-state index in [1.165, 1.54) is 0 Å². The highest BCUT2D eigenvalue weighted by Crippen LogP contribution is 2.54. The summed E-state index contributed by atoms with van der Waals surface area (Å²) in [5.41, 5.74) is 8.67. The molecule has 44 heavy (non-hydrogen) atoms. The van der Waals surface area contributed by atoms with Crippen LogP contribution >= 0.6 is 63.7 Å². The number of aliphatic hydroxyl groups is 2. The van der Waals surface area contributed by atoms with Crippen molar-refractivity contribution in [2.24, 2.45) is 0 Å². The molecule has 0 amide bonds. The van der Waals surface area contributed by atoms with Gasteiger partial charge in [-0.2, -0.15) is 0 Å². The predicted octanol–water partition coefficient (Wildman–Crippen LogP) is 10.9. The molecule has 0 spiro atoms. The zero-order valence-corrected chi connectivity index (χ0v) is 29.3. The highest BCUT2D eigenvalue weighted by Gasteiger charge is 2.44. The summed E-state index contributed by atoms with van der Waals surface area (Å²) in [7, 11) is 0. The molecule has 2 N–H and O–H groups in total. The van der Waals surface area contributed by atoms with Crippen LogP contribution in [0.5, 0.6) is 0 Å². The van der Waals surface area contributed by atoms with Crippen molar-refractivity contribution in [2.45, 2.75) is 11.2 Å². The highest BCUT2D eigenvalue weighted by molar-refractivity contribution is 9.11. The number of halogens is 4. The molecule has 2 aliphatic rings. The van der Waals surface area contributed by atoms with E-state index >= 15 is 0 Å². The molecule has 6 aromatic carbocycles. The second-order valence-electron chi connectivity index (χ2n) is 11.3. The van der Waals surface area contributed by atoms with Crippen LogP contribution in [0, 0.1) is 0 Å².